The molecular weight excluding hydrogens is 324 g/mol. The van der Waals surface area contributed by atoms with Crippen molar-refractivity contribution in [2.24, 2.45) is 5.92 Å². The molecule has 1 saturated heterocycles. The van der Waals surface area contributed by atoms with E-state index in [-0.39, 0.29) is 37.8 Å². The number of nitrogens with one attached hydrogen (secondary N) is 1. The average Bonchev–Trinajstić information content (AvgIpc) is 2.61. The van der Waals surface area contributed by atoms with Crippen molar-refractivity contribution >= 4 is 18.0 Å². The topological polar surface area (TPSA) is 95.9 Å². The quantitative estimate of drug-likeness (QED) is 0.786. The molecule has 1 fully saturated rings. The van der Waals surface area contributed by atoms with Crippen LogP contribution in [0.4, 0.5) is 4.79 Å². The van der Waals surface area contributed by atoms with Crippen molar-refractivity contribution in [1.29, 1.82) is 0 Å². The van der Waals surface area contributed by atoms with Gasteiger partial charge in [0.2, 0.25) is 5.91 Å². The number of hydrogen-bond donors (Lipinski definition) is 2. The maximum atomic E-state index is 12.1. The zero-order valence-electron chi connectivity index (χ0n) is 14.1. The number of rotatable bonds is 7. The molecule has 25 heavy (non-hydrogen) atoms. The molecule has 0 spiro atoms. The van der Waals surface area contributed by atoms with Gasteiger partial charge in [-0.15, -0.1) is 0 Å². The van der Waals surface area contributed by atoms with Crippen LogP contribution in [0.3, 0.4) is 0 Å². The number of carbonyl (C=O) groups excluding carboxylic acids is 2. The molecule has 0 atom stereocenters. The Morgan fingerprint density at radius 3 is 2.48 bits per heavy atom. The number of carbonyl (C=O) groups is 3. The van der Waals surface area contributed by atoms with E-state index in [1.807, 2.05) is 30.3 Å². The summed E-state index contributed by atoms with van der Waals surface area (Å²) in [5, 5.41) is 11.4. The molecule has 0 aliphatic carbocycles. The highest BCUT2D eigenvalue weighted by molar-refractivity contribution is 5.77. The largest absolute Gasteiger partial charge is 0.481 e. The fourth-order valence-electron chi connectivity index (χ4n) is 2.84. The lowest BCUT2D eigenvalue weighted by Crippen LogP contribution is -2.40. The minimum Gasteiger partial charge on any atom is -0.481 e. The molecule has 2 rings (SSSR count). The normalized spacial score (nSPS) is 14.8. The number of carboxylic acids is 1. The van der Waals surface area contributed by atoms with E-state index in [2.05, 4.69) is 5.32 Å². The van der Waals surface area contributed by atoms with Gasteiger partial charge in [-0.2, -0.15) is 0 Å². The van der Waals surface area contributed by atoms with E-state index in [0.29, 0.717) is 25.9 Å². The van der Waals surface area contributed by atoms with Gasteiger partial charge in [-0.3, -0.25) is 9.59 Å². The highest BCUT2D eigenvalue weighted by Crippen LogP contribution is 2.20. The van der Waals surface area contributed by atoms with Crippen LogP contribution in [0, 0.1) is 5.92 Å². The number of ether oxygens (including phenoxy) is 1. The van der Waals surface area contributed by atoms with E-state index in [1.54, 1.807) is 4.90 Å². The number of alkyl carbamates (subject to hydrolysis) is 1. The van der Waals surface area contributed by atoms with E-state index in [0.717, 1.165) is 5.56 Å². The van der Waals surface area contributed by atoms with Crippen molar-refractivity contribution in [1.82, 2.24) is 10.2 Å². The molecule has 0 aromatic heterocycles. The average molecular weight is 348 g/mol. The third kappa shape index (κ3) is 6.82. The van der Waals surface area contributed by atoms with Crippen molar-refractivity contribution in [3.05, 3.63) is 35.9 Å². The Morgan fingerprint density at radius 1 is 1.16 bits per heavy atom. The minimum absolute atomic E-state index is 0.0304. The van der Waals surface area contributed by atoms with Crippen LogP contribution in [0.25, 0.3) is 0 Å². The molecule has 0 bridgehead atoms. The summed E-state index contributed by atoms with van der Waals surface area (Å²) in [6.07, 6.45) is 1.26. The Labute approximate surface area is 147 Å². The summed E-state index contributed by atoms with van der Waals surface area (Å²) in [6, 6.07) is 9.36. The summed E-state index contributed by atoms with van der Waals surface area (Å²) < 4.78 is 5.08. The summed E-state index contributed by atoms with van der Waals surface area (Å²) in [5.41, 5.74) is 0.901. The summed E-state index contributed by atoms with van der Waals surface area (Å²) in [4.78, 5) is 36.1. The van der Waals surface area contributed by atoms with E-state index in [1.165, 1.54) is 0 Å². The standard InChI is InChI=1S/C18H24N2O5/c21-16(20-10-7-14(8-11-20)12-17(22)23)6-9-19-18(24)25-13-15-4-2-1-3-5-15/h1-5,14H,6-13H2,(H,19,24)(H,22,23). The van der Waals surface area contributed by atoms with E-state index in [9.17, 15) is 14.4 Å². The number of benzene rings is 1. The molecule has 1 aromatic rings. The van der Waals surface area contributed by atoms with E-state index < -0.39 is 12.1 Å². The van der Waals surface area contributed by atoms with Crippen LogP contribution in [-0.4, -0.2) is 47.6 Å². The van der Waals surface area contributed by atoms with Crippen LogP contribution in [0.5, 0.6) is 0 Å². The van der Waals surface area contributed by atoms with Gasteiger partial charge in [0.25, 0.3) is 0 Å². The lowest BCUT2D eigenvalue weighted by Gasteiger charge is -2.31. The molecule has 1 aliphatic rings. The predicted octanol–water partition coefficient (Wildman–Crippen LogP) is 2.02. The summed E-state index contributed by atoms with van der Waals surface area (Å²) in [5.74, 6) is -0.673. The van der Waals surface area contributed by atoms with E-state index in [4.69, 9.17) is 9.84 Å². The Kier molecular flexibility index (Phi) is 7.25. The van der Waals surface area contributed by atoms with Crippen LogP contribution >= 0.6 is 0 Å². The van der Waals surface area contributed by atoms with Crippen molar-refractivity contribution in [3.63, 3.8) is 0 Å². The molecule has 7 heteroatoms. The van der Waals surface area contributed by atoms with Crippen molar-refractivity contribution in [3.8, 4) is 0 Å². The van der Waals surface area contributed by atoms with Gasteiger partial charge >= 0.3 is 12.1 Å². The molecule has 1 heterocycles. The first-order valence-corrected chi connectivity index (χ1v) is 8.48. The second kappa shape index (κ2) is 9.66. The second-order valence-electron chi connectivity index (χ2n) is 6.16. The third-order valence-electron chi connectivity index (χ3n) is 4.25. The molecular formula is C18H24N2O5. The maximum Gasteiger partial charge on any atom is 0.407 e. The molecule has 1 aromatic carbocycles. The van der Waals surface area contributed by atoms with Crippen LogP contribution in [-0.2, 0) is 20.9 Å². The van der Waals surface area contributed by atoms with Gasteiger partial charge in [-0.1, -0.05) is 30.3 Å². The molecule has 0 radical (unpaired) electrons. The fraction of sp³-hybridized carbons (Fsp3) is 0.500. The highest BCUT2D eigenvalue weighted by Gasteiger charge is 2.24. The summed E-state index contributed by atoms with van der Waals surface area (Å²) in [7, 11) is 0. The van der Waals surface area contributed by atoms with Gasteiger partial charge in [0.1, 0.15) is 6.61 Å². The second-order valence-corrected chi connectivity index (χ2v) is 6.16. The Bertz CT molecular complexity index is 582. The first-order valence-electron chi connectivity index (χ1n) is 8.48. The lowest BCUT2D eigenvalue weighted by molar-refractivity contribution is -0.138. The van der Waals surface area contributed by atoms with Crippen LogP contribution in [0.2, 0.25) is 0 Å². The van der Waals surface area contributed by atoms with Crippen LogP contribution < -0.4 is 5.32 Å². The number of hydrogen-bond acceptors (Lipinski definition) is 4. The summed E-state index contributed by atoms with van der Waals surface area (Å²) in [6.45, 7) is 1.57. The van der Waals surface area contributed by atoms with Gasteiger partial charge < -0.3 is 20.1 Å². The van der Waals surface area contributed by atoms with Gasteiger partial charge in [0.15, 0.2) is 0 Å². The fourth-order valence-corrected chi connectivity index (χ4v) is 2.84. The maximum absolute atomic E-state index is 12.1. The molecule has 1 aliphatic heterocycles. The molecule has 0 saturated carbocycles. The number of amides is 2. The zero-order chi connectivity index (χ0) is 18.1. The number of carboxylic acid groups (broad SMARTS) is 1. The zero-order valence-corrected chi connectivity index (χ0v) is 14.1. The smallest absolute Gasteiger partial charge is 0.407 e. The van der Waals surface area contributed by atoms with Gasteiger partial charge in [-0.05, 0) is 24.3 Å². The molecule has 2 N–H and O–H groups in total. The molecule has 0 unspecified atom stereocenters. The number of piperidine rings is 1. The monoisotopic (exact) mass is 348 g/mol. The van der Waals surface area contributed by atoms with Gasteiger partial charge in [0, 0.05) is 32.5 Å². The SMILES string of the molecule is O=C(O)CC1CCN(C(=O)CCNC(=O)OCc2ccccc2)CC1. The molecule has 7 nitrogen and oxygen atoms in total. The minimum atomic E-state index is -0.789. The molecule has 136 valence electrons. The lowest BCUT2D eigenvalue weighted by atomic mass is 9.93. The number of aliphatic carboxylic acids is 1. The van der Waals surface area contributed by atoms with Gasteiger partial charge in [0.05, 0.1) is 0 Å². The predicted molar refractivity (Wildman–Crippen MR) is 90.8 cm³/mol. The third-order valence-corrected chi connectivity index (χ3v) is 4.25. The first kappa shape index (κ1) is 18.8. The Balaban J connectivity index is 1.59. The van der Waals surface area contributed by atoms with Crippen molar-refractivity contribution < 1.29 is 24.2 Å². The first-order chi connectivity index (χ1) is 12.0. The van der Waals surface area contributed by atoms with Crippen LogP contribution in [0.15, 0.2) is 30.3 Å². The Morgan fingerprint density at radius 2 is 1.84 bits per heavy atom. The van der Waals surface area contributed by atoms with Crippen LogP contribution in [0.1, 0.15) is 31.2 Å². The van der Waals surface area contributed by atoms with Crippen molar-refractivity contribution in [2.45, 2.75) is 32.3 Å². The van der Waals surface area contributed by atoms with Gasteiger partial charge in [-0.25, -0.2) is 4.79 Å². The number of nitrogens with zero attached hydrogens (tertiary/aromatic N) is 1. The molecule has 2 amide bonds. The number of likely N-dealkylation sites (tertiary alicyclic amines) is 1. The van der Waals surface area contributed by atoms with E-state index >= 15 is 0 Å². The highest BCUT2D eigenvalue weighted by atomic mass is 16.5. The van der Waals surface area contributed by atoms with Crippen molar-refractivity contribution in [2.75, 3.05) is 19.6 Å². The Hall–Kier alpha value is -2.57. The summed E-state index contributed by atoms with van der Waals surface area (Å²) >= 11 is 0.